The summed E-state index contributed by atoms with van der Waals surface area (Å²) in [5.41, 5.74) is 5.46. The number of hydrogen-bond donors (Lipinski definition) is 2. The van der Waals surface area contributed by atoms with E-state index in [9.17, 15) is 5.11 Å². The van der Waals surface area contributed by atoms with Crippen LogP contribution in [0.2, 0.25) is 0 Å². The molecule has 3 N–H and O–H groups in total. The third-order valence-corrected chi connectivity index (χ3v) is 4.42. The number of hydrogen-bond acceptors (Lipinski definition) is 2. The zero-order valence-corrected chi connectivity index (χ0v) is 8.55. The van der Waals surface area contributed by atoms with Crippen LogP contribution >= 0.6 is 0 Å². The fraction of sp³-hybridized carbons (Fsp3) is 1.00. The Balaban J connectivity index is 2.17. The molecule has 2 nitrogen and oxygen atoms in total. The molecule has 13 heavy (non-hydrogen) atoms. The standard InChI is InChI=1S/C11H21NO/c1-9-4-2-3-5-11(9,13)10(8-12)6-7-10/h9,13H,2-8,12H2,1H3. The van der Waals surface area contributed by atoms with Crippen LogP contribution in [-0.2, 0) is 0 Å². The Hall–Kier alpha value is -0.0800. The lowest BCUT2D eigenvalue weighted by atomic mass is 9.67. The van der Waals surface area contributed by atoms with E-state index in [1.54, 1.807) is 0 Å². The highest BCUT2D eigenvalue weighted by Crippen LogP contribution is 2.59. The molecule has 0 heterocycles. The van der Waals surface area contributed by atoms with Gasteiger partial charge in [0.05, 0.1) is 5.60 Å². The first-order valence-electron chi connectivity index (χ1n) is 5.57. The molecule has 0 bridgehead atoms. The van der Waals surface area contributed by atoms with Crippen molar-refractivity contribution in [3.05, 3.63) is 0 Å². The molecule has 2 aliphatic carbocycles. The first kappa shape index (κ1) is 9.47. The van der Waals surface area contributed by atoms with Gasteiger partial charge in [-0.1, -0.05) is 19.8 Å². The van der Waals surface area contributed by atoms with Crippen LogP contribution in [0, 0.1) is 11.3 Å². The van der Waals surface area contributed by atoms with Crippen LogP contribution in [0.15, 0.2) is 0 Å². The van der Waals surface area contributed by atoms with Crippen LogP contribution < -0.4 is 5.73 Å². The van der Waals surface area contributed by atoms with Gasteiger partial charge in [-0.15, -0.1) is 0 Å². The van der Waals surface area contributed by atoms with E-state index in [1.165, 1.54) is 19.3 Å². The summed E-state index contributed by atoms with van der Waals surface area (Å²) in [4.78, 5) is 0. The van der Waals surface area contributed by atoms with Gasteiger partial charge in [0, 0.05) is 12.0 Å². The first-order valence-corrected chi connectivity index (χ1v) is 5.57. The van der Waals surface area contributed by atoms with Gasteiger partial charge in [-0.2, -0.15) is 0 Å². The molecule has 2 atom stereocenters. The van der Waals surface area contributed by atoms with E-state index < -0.39 is 5.60 Å². The van der Waals surface area contributed by atoms with Crippen molar-refractivity contribution in [1.29, 1.82) is 0 Å². The SMILES string of the molecule is CC1CCCCC1(O)C1(CN)CC1. The molecule has 2 unspecified atom stereocenters. The number of nitrogens with two attached hydrogens (primary N) is 1. The molecule has 2 rings (SSSR count). The van der Waals surface area contributed by atoms with Gasteiger partial charge >= 0.3 is 0 Å². The van der Waals surface area contributed by atoms with Gasteiger partial charge < -0.3 is 10.8 Å². The molecule has 0 aromatic rings. The summed E-state index contributed by atoms with van der Waals surface area (Å²) in [5, 5.41) is 10.7. The fourth-order valence-electron chi connectivity index (χ4n) is 3.08. The summed E-state index contributed by atoms with van der Waals surface area (Å²) < 4.78 is 0. The van der Waals surface area contributed by atoms with E-state index in [0.29, 0.717) is 12.5 Å². The van der Waals surface area contributed by atoms with Gasteiger partial charge in [0.1, 0.15) is 0 Å². The van der Waals surface area contributed by atoms with Crippen LogP contribution in [0.4, 0.5) is 0 Å². The summed E-state index contributed by atoms with van der Waals surface area (Å²) >= 11 is 0. The van der Waals surface area contributed by atoms with Crippen molar-refractivity contribution in [2.24, 2.45) is 17.1 Å². The quantitative estimate of drug-likeness (QED) is 0.684. The van der Waals surface area contributed by atoms with Crippen molar-refractivity contribution >= 4 is 0 Å². The molecule has 76 valence electrons. The highest BCUT2D eigenvalue weighted by atomic mass is 16.3. The third kappa shape index (κ3) is 1.23. The van der Waals surface area contributed by atoms with Crippen molar-refractivity contribution in [3.8, 4) is 0 Å². The second kappa shape index (κ2) is 2.96. The van der Waals surface area contributed by atoms with Gasteiger partial charge in [0.2, 0.25) is 0 Å². The Kier molecular flexibility index (Phi) is 2.16. The molecule has 2 heteroatoms. The third-order valence-electron chi connectivity index (χ3n) is 4.42. The Morgan fingerprint density at radius 1 is 1.31 bits per heavy atom. The second-order valence-electron chi connectivity index (χ2n) is 5.06. The fourth-order valence-corrected chi connectivity index (χ4v) is 3.08. The molecule has 0 aromatic heterocycles. The first-order chi connectivity index (χ1) is 6.15. The Morgan fingerprint density at radius 3 is 2.46 bits per heavy atom. The average Bonchev–Trinajstić information content (AvgIpc) is 2.91. The zero-order chi connectivity index (χ0) is 9.53. The van der Waals surface area contributed by atoms with E-state index in [0.717, 1.165) is 19.3 Å². The summed E-state index contributed by atoms with van der Waals surface area (Å²) in [6.07, 6.45) is 6.91. The predicted octanol–water partition coefficient (Wildman–Crippen LogP) is 1.67. The minimum Gasteiger partial charge on any atom is -0.389 e. The monoisotopic (exact) mass is 183 g/mol. The average molecular weight is 183 g/mol. The lowest BCUT2D eigenvalue weighted by Crippen LogP contribution is -2.50. The maximum absolute atomic E-state index is 10.7. The minimum atomic E-state index is -0.431. The van der Waals surface area contributed by atoms with Crippen LogP contribution in [0.3, 0.4) is 0 Å². The predicted molar refractivity (Wildman–Crippen MR) is 53.3 cm³/mol. The van der Waals surface area contributed by atoms with Gasteiger partial charge in [-0.25, -0.2) is 0 Å². The Bertz CT molecular complexity index is 200. The van der Waals surface area contributed by atoms with Crippen molar-refractivity contribution < 1.29 is 5.11 Å². The molecule has 2 aliphatic rings. The van der Waals surface area contributed by atoms with Gasteiger partial charge in [0.25, 0.3) is 0 Å². The van der Waals surface area contributed by atoms with Crippen molar-refractivity contribution in [2.75, 3.05) is 6.54 Å². The summed E-state index contributed by atoms with van der Waals surface area (Å²) in [7, 11) is 0. The highest BCUT2D eigenvalue weighted by Gasteiger charge is 2.59. The molecule has 0 aromatic carbocycles. The molecular weight excluding hydrogens is 162 g/mol. The van der Waals surface area contributed by atoms with Crippen molar-refractivity contribution in [1.82, 2.24) is 0 Å². The van der Waals surface area contributed by atoms with E-state index in [2.05, 4.69) is 6.92 Å². The zero-order valence-electron chi connectivity index (χ0n) is 8.55. The lowest BCUT2D eigenvalue weighted by Gasteiger charge is -2.44. The van der Waals surface area contributed by atoms with E-state index in [1.807, 2.05) is 0 Å². The topological polar surface area (TPSA) is 46.2 Å². The normalized spacial score (nSPS) is 43.2. The smallest absolute Gasteiger partial charge is 0.0741 e. The molecular formula is C11H21NO. The molecule has 0 saturated heterocycles. The largest absolute Gasteiger partial charge is 0.389 e. The molecule has 0 aliphatic heterocycles. The lowest BCUT2D eigenvalue weighted by molar-refractivity contribution is -0.0982. The molecule has 0 radical (unpaired) electrons. The maximum atomic E-state index is 10.7. The number of rotatable bonds is 2. The minimum absolute atomic E-state index is 0.104. The van der Waals surface area contributed by atoms with Crippen LogP contribution in [0.1, 0.15) is 45.4 Å². The highest BCUT2D eigenvalue weighted by molar-refractivity contribution is 5.11. The Morgan fingerprint density at radius 2 is 2.00 bits per heavy atom. The van der Waals surface area contributed by atoms with Gasteiger partial charge in [-0.3, -0.25) is 0 Å². The molecule has 2 saturated carbocycles. The second-order valence-corrected chi connectivity index (χ2v) is 5.06. The number of aliphatic hydroxyl groups is 1. The van der Waals surface area contributed by atoms with Crippen molar-refractivity contribution in [2.45, 2.75) is 51.0 Å². The van der Waals surface area contributed by atoms with Crippen molar-refractivity contribution in [3.63, 3.8) is 0 Å². The van der Waals surface area contributed by atoms with E-state index in [4.69, 9.17) is 5.73 Å². The molecule has 0 amide bonds. The van der Waals surface area contributed by atoms with Gasteiger partial charge in [0.15, 0.2) is 0 Å². The van der Waals surface area contributed by atoms with Crippen LogP contribution in [-0.4, -0.2) is 17.3 Å². The van der Waals surface area contributed by atoms with E-state index in [-0.39, 0.29) is 5.41 Å². The van der Waals surface area contributed by atoms with Gasteiger partial charge in [-0.05, 0) is 31.6 Å². The summed E-state index contributed by atoms with van der Waals surface area (Å²) in [5.74, 6) is 0.451. The van der Waals surface area contributed by atoms with Crippen LogP contribution in [0.5, 0.6) is 0 Å². The molecule has 2 fully saturated rings. The summed E-state index contributed by atoms with van der Waals surface area (Å²) in [6.45, 7) is 2.86. The maximum Gasteiger partial charge on any atom is 0.0741 e. The van der Waals surface area contributed by atoms with Crippen LogP contribution in [0.25, 0.3) is 0 Å². The Labute approximate surface area is 80.5 Å². The summed E-state index contributed by atoms with van der Waals surface area (Å²) in [6, 6.07) is 0. The van der Waals surface area contributed by atoms with E-state index >= 15 is 0 Å². The molecule has 0 spiro atoms.